The molecule has 4 aliphatic rings. The predicted molar refractivity (Wildman–Crippen MR) is 219 cm³/mol. The molecule has 3 N–H and O–H groups in total. The number of nitrogens with one attached hydrogen (secondary N) is 1. The van der Waals surface area contributed by atoms with Gasteiger partial charge in [-0.1, -0.05) is 0 Å². The van der Waals surface area contributed by atoms with Gasteiger partial charge >= 0.3 is 0 Å². The number of aromatic nitrogens is 8. The lowest BCUT2D eigenvalue weighted by molar-refractivity contribution is -0.0220. The zero-order chi connectivity index (χ0) is 43.1. The minimum Gasteiger partial charge on any atom is -0.494 e. The molecule has 21 heteroatoms. The van der Waals surface area contributed by atoms with Gasteiger partial charge in [-0.05, 0) is 49.7 Å². The molecular formula is C40H41ClF4N12O4. The van der Waals surface area contributed by atoms with E-state index in [2.05, 4.69) is 35.2 Å². The number of hydrogen-bond acceptors (Lipinski definition) is 14. The van der Waals surface area contributed by atoms with E-state index in [1.165, 1.54) is 12.4 Å². The molecule has 2 unspecified atom stereocenters. The van der Waals surface area contributed by atoms with Crippen molar-refractivity contribution in [3.8, 4) is 34.4 Å². The molecule has 2 saturated heterocycles. The molecule has 0 radical (unpaired) electrons. The summed E-state index contributed by atoms with van der Waals surface area (Å²) in [5.74, 6) is -2.25. The number of nitrogen functional groups attached to an aromatic ring is 1. The number of hydrogen-bond donors (Lipinski definition) is 2. The van der Waals surface area contributed by atoms with Gasteiger partial charge in [0.15, 0.2) is 23.1 Å². The van der Waals surface area contributed by atoms with Crippen LogP contribution in [0, 0.1) is 13.8 Å². The molecular weight excluding hydrogens is 824 g/mol. The van der Waals surface area contributed by atoms with Crippen LogP contribution < -0.4 is 39.8 Å². The van der Waals surface area contributed by atoms with Crippen molar-refractivity contribution in [3.05, 3.63) is 90.5 Å². The third-order valence-corrected chi connectivity index (χ3v) is 10.7. The summed E-state index contributed by atoms with van der Waals surface area (Å²) in [4.78, 5) is 28.0. The minimum atomic E-state index is -2.79. The molecule has 6 aromatic rings. The monoisotopic (exact) mass is 864 g/mol. The van der Waals surface area contributed by atoms with E-state index in [9.17, 15) is 17.6 Å². The van der Waals surface area contributed by atoms with Gasteiger partial charge in [0.2, 0.25) is 11.2 Å². The lowest BCUT2D eigenvalue weighted by Gasteiger charge is -2.33. The molecule has 0 saturated carbocycles. The maximum absolute atomic E-state index is 14.1. The maximum atomic E-state index is 14.1. The van der Waals surface area contributed by atoms with Crippen LogP contribution in [0.3, 0.4) is 0 Å². The number of methoxy groups -OCH3 is 2. The summed E-state index contributed by atoms with van der Waals surface area (Å²) < 4.78 is 80.4. The number of alkyl halides is 4. The summed E-state index contributed by atoms with van der Waals surface area (Å²) in [6, 6.07) is 9.18. The molecule has 10 rings (SSSR count). The molecule has 0 aliphatic carbocycles. The molecule has 0 spiro atoms. The summed E-state index contributed by atoms with van der Waals surface area (Å²) in [5, 5.41) is 3.16. The van der Waals surface area contributed by atoms with Crippen LogP contribution in [0.15, 0.2) is 73.8 Å². The van der Waals surface area contributed by atoms with Gasteiger partial charge in [-0.3, -0.25) is 0 Å². The van der Waals surface area contributed by atoms with Crippen molar-refractivity contribution in [2.75, 3.05) is 61.4 Å². The van der Waals surface area contributed by atoms with E-state index in [-0.39, 0.29) is 44.4 Å². The van der Waals surface area contributed by atoms with Crippen LogP contribution in [0.4, 0.5) is 46.5 Å². The Morgan fingerprint density at radius 3 is 1.80 bits per heavy atom. The standard InChI is InChI=1S/C20H20F2N6O2.C11H13N3O.C9H8ClF2N3O/c1-12-9-27(11-24-12)14-4-3-13(7-15(14)29-2)25-19-23-8-16-18(26-19)28-6-5-20(21,22)17(28)10-30-16;1-8-6-14(7-13-8)10-4-3-9(12)5-11(10)15-2;10-8-13-3-5-7(14-8)15-2-1-9(11,12)6(15)4-16-5/h3-4,7-9,11,17H,5-6,10H2,1-2H3,(H,23,25,26);3-7H,12H2,1-2H3;3,6H,1-2,4H2. The van der Waals surface area contributed by atoms with Crippen molar-refractivity contribution < 1.29 is 36.5 Å². The first-order chi connectivity index (χ1) is 29.2. The molecule has 320 valence electrons. The summed E-state index contributed by atoms with van der Waals surface area (Å²) in [6.45, 7) is 4.25. The average Bonchev–Trinajstić information content (AvgIpc) is 4.03. The van der Waals surface area contributed by atoms with E-state index in [4.69, 9.17) is 36.3 Å². The molecule has 4 aliphatic heterocycles. The molecule has 2 atom stereocenters. The fourth-order valence-corrected chi connectivity index (χ4v) is 7.53. The Bertz CT molecular complexity index is 2540. The topological polar surface area (TPSA) is 169 Å². The first kappa shape index (κ1) is 41.2. The molecule has 0 bridgehead atoms. The molecule has 4 aromatic heterocycles. The molecule has 16 nitrogen and oxygen atoms in total. The summed E-state index contributed by atoms with van der Waals surface area (Å²) in [7, 11) is 3.22. The molecule has 61 heavy (non-hydrogen) atoms. The minimum absolute atomic E-state index is 0.0367. The van der Waals surface area contributed by atoms with Gasteiger partial charge in [-0.15, -0.1) is 0 Å². The Morgan fingerprint density at radius 1 is 0.738 bits per heavy atom. The Labute approximate surface area is 352 Å². The number of aryl methyl sites for hydroxylation is 2. The second kappa shape index (κ2) is 16.5. The summed E-state index contributed by atoms with van der Waals surface area (Å²) >= 11 is 5.65. The van der Waals surface area contributed by atoms with Gasteiger partial charge < -0.3 is 48.9 Å². The Hall–Kier alpha value is -6.57. The fraction of sp³-hybridized carbons (Fsp3) is 0.350. The van der Waals surface area contributed by atoms with Gasteiger partial charge in [0, 0.05) is 61.8 Å². The van der Waals surface area contributed by atoms with Crippen LogP contribution in [0.1, 0.15) is 24.2 Å². The molecule has 8 heterocycles. The van der Waals surface area contributed by atoms with Crippen molar-refractivity contribution in [1.82, 2.24) is 39.0 Å². The SMILES string of the molecule is COc1cc(N)ccc1-n1cnc(C)c1.COc1cc(Nc2ncc3c(n2)N2CCC(F)(F)C2CO3)ccc1-n1cnc(C)c1.FC1(F)CCN2c3nc(Cl)ncc3OCC21. The Kier molecular flexibility index (Phi) is 11.1. The molecule has 0 amide bonds. The highest BCUT2D eigenvalue weighted by atomic mass is 35.5. The van der Waals surface area contributed by atoms with E-state index in [0.29, 0.717) is 46.2 Å². The van der Waals surface area contributed by atoms with Gasteiger partial charge in [0.25, 0.3) is 11.8 Å². The van der Waals surface area contributed by atoms with Crippen molar-refractivity contribution in [1.29, 1.82) is 0 Å². The normalized spacial score (nSPS) is 18.7. The number of ether oxygens (including phenoxy) is 4. The second-order valence-electron chi connectivity index (χ2n) is 14.6. The Morgan fingerprint density at radius 2 is 1.26 bits per heavy atom. The smallest absolute Gasteiger partial charge is 0.273 e. The van der Waals surface area contributed by atoms with E-state index in [1.54, 1.807) is 42.7 Å². The summed E-state index contributed by atoms with van der Waals surface area (Å²) in [6.07, 6.45) is 9.85. The highest BCUT2D eigenvalue weighted by Crippen LogP contribution is 2.44. The third-order valence-electron chi connectivity index (χ3n) is 10.5. The lowest BCUT2D eigenvalue weighted by atomic mass is 10.1. The van der Waals surface area contributed by atoms with Crippen molar-refractivity contribution >= 4 is 40.6 Å². The third kappa shape index (κ3) is 8.44. The first-order valence-corrected chi connectivity index (χ1v) is 19.5. The Balaban J connectivity index is 0.000000139. The van der Waals surface area contributed by atoms with Gasteiger partial charge in [-0.2, -0.15) is 9.97 Å². The number of rotatable bonds is 6. The number of anilines is 5. The average molecular weight is 865 g/mol. The molecule has 2 fully saturated rings. The van der Waals surface area contributed by atoms with E-state index >= 15 is 0 Å². The number of imidazole rings is 2. The number of nitrogens with two attached hydrogens (primary N) is 1. The van der Waals surface area contributed by atoms with Gasteiger partial charge in [0.1, 0.15) is 36.8 Å². The highest BCUT2D eigenvalue weighted by Gasteiger charge is 2.53. The maximum Gasteiger partial charge on any atom is 0.273 e. The number of nitrogens with zero attached hydrogens (tertiary/aromatic N) is 10. The lowest BCUT2D eigenvalue weighted by Crippen LogP contribution is -2.46. The first-order valence-electron chi connectivity index (χ1n) is 19.1. The van der Waals surface area contributed by atoms with E-state index in [0.717, 1.165) is 28.5 Å². The number of benzene rings is 2. The van der Waals surface area contributed by atoms with Crippen LogP contribution >= 0.6 is 11.6 Å². The van der Waals surface area contributed by atoms with Crippen LogP contribution in [-0.4, -0.2) is 103 Å². The van der Waals surface area contributed by atoms with Crippen LogP contribution in [0.5, 0.6) is 23.0 Å². The van der Waals surface area contributed by atoms with Crippen molar-refractivity contribution in [2.45, 2.75) is 50.6 Å². The van der Waals surface area contributed by atoms with Crippen LogP contribution in [0.25, 0.3) is 11.4 Å². The predicted octanol–water partition coefficient (Wildman–Crippen LogP) is 6.84. The van der Waals surface area contributed by atoms with E-state index in [1.807, 2.05) is 65.7 Å². The zero-order valence-corrected chi connectivity index (χ0v) is 34.2. The largest absolute Gasteiger partial charge is 0.494 e. The van der Waals surface area contributed by atoms with Crippen LogP contribution in [-0.2, 0) is 0 Å². The fourth-order valence-electron chi connectivity index (χ4n) is 7.40. The van der Waals surface area contributed by atoms with Crippen molar-refractivity contribution in [2.24, 2.45) is 0 Å². The van der Waals surface area contributed by atoms with Crippen LogP contribution in [0.2, 0.25) is 5.28 Å². The summed E-state index contributed by atoms with van der Waals surface area (Å²) in [5.41, 5.74) is 10.7. The number of fused-ring (bicyclic) bond motifs is 6. The highest BCUT2D eigenvalue weighted by molar-refractivity contribution is 6.28. The zero-order valence-electron chi connectivity index (χ0n) is 33.4. The van der Waals surface area contributed by atoms with Gasteiger partial charge in [0.05, 0.1) is 62.0 Å². The quantitative estimate of drug-likeness (QED) is 0.101. The number of halogens is 5. The van der Waals surface area contributed by atoms with Gasteiger partial charge in [-0.25, -0.2) is 37.5 Å². The second-order valence-corrected chi connectivity index (χ2v) is 14.9. The van der Waals surface area contributed by atoms with Crippen molar-refractivity contribution in [3.63, 3.8) is 0 Å². The van der Waals surface area contributed by atoms with E-state index < -0.39 is 23.9 Å². The molecule has 2 aromatic carbocycles.